The van der Waals surface area contributed by atoms with Gasteiger partial charge >= 0.3 is 0 Å². The van der Waals surface area contributed by atoms with Crippen LogP contribution < -0.4 is 10.0 Å². The Morgan fingerprint density at radius 2 is 2.05 bits per heavy atom. The highest BCUT2D eigenvalue weighted by molar-refractivity contribution is 7.91. The van der Waals surface area contributed by atoms with E-state index in [0.29, 0.717) is 25.4 Å². The van der Waals surface area contributed by atoms with Crippen molar-refractivity contribution in [3.63, 3.8) is 0 Å². The Hall–Kier alpha value is -0.220. The molecule has 0 aliphatic carbocycles. The monoisotopic (exact) mass is 325 g/mol. The Bertz CT molecular complexity index is 530. The molecule has 2 fully saturated rings. The lowest BCUT2D eigenvalue weighted by atomic mass is 10.00. The molecule has 20 heavy (non-hydrogen) atoms. The van der Waals surface area contributed by atoms with Crippen molar-refractivity contribution in [2.75, 3.05) is 38.2 Å². The minimum Gasteiger partial charge on any atom is -0.319 e. The van der Waals surface area contributed by atoms with Crippen LogP contribution in [-0.2, 0) is 20.0 Å². The third kappa shape index (κ3) is 4.14. The van der Waals surface area contributed by atoms with Crippen molar-refractivity contribution < 1.29 is 16.8 Å². The Balaban J connectivity index is 1.96. The van der Waals surface area contributed by atoms with Crippen molar-refractivity contribution in [3.8, 4) is 0 Å². The highest BCUT2D eigenvalue weighted by atomic mass is 32.2. The number of nitrogens with zero attached hydrogens (tertiary/aromatic N) is 1. The van der Waals surface area contributed by atoms with E-state index in [0.717, 1.165) is 19.4 Å². The van der Waals surface area contributed by atoms with Crippen LogP contribution in [-0.4, -0.2) is 65.4 Å². The smallest absolute Gasteiger partial charge is 0.279 e. The molecule has 0 spiro atoms. The Labute approximate surface area is 121 Å². The van der Waals surface area contributed by atoms with Crippen LogP contribution in [0.1, 0.15) is 19.3 Å². The molecule has 2 aliphatic rings. The number of nitrogens with one attached hydrogen (secondary N) is 2. The summed E-state index contributed by atoms with van der Waals surface area (Å²) in [5.74, 6) is 0.306. The summed E-state index contributed by atoms with van der Waals surface area (Å²) in [4.78, 5) is 0. The van der Waals surface area contributed by atoms with Crippen molar-refractivity contribution in [1.29, 1.82) is 0 Å². The maximum absolute atomic E-state index is 12.3. The third-order valence-corrected chi connectivity index (χ3v) is 7.27. The van der Waals surface area contributed by atoms with Gasteiger partial charge in [0, 0.05) is 19.1 Å². The van der Waals surface area contributed by atoms with E-state index in [1.54, 1.807) is 0 Å². The Morgan fingerprint density at radius 3 is 2.65 bits per heavy atom. The summed E-state index contributed by atoms with van der Waals surface area (Å²) in [6.07, 6.45) is 2.23. The van der Waals surface area contributed by atoms with Gasteiger partial charge in [-0.1, -0.05) is 0 Å². The van der Waals surface area contributed by atoms with Crippen molar-refractivity contribution in [2.45, 2.75) is 25.3 Å². The molecule has 0 saturated carbocycles. The molecule has 0 aromatic carbocycles. The predicted octanol–water partition coefficient (Wildman–Crippen LogP) is -1.06. The van der Waals surface area contributed by atoms with E-state index in [1.165, 1.54) is 4.31 Å². The number of rotatable bonds is 5. The molecule has 0 aromatic rings. The van der Waals surface area contributed by atoms with Crippen LogP contribution in [0.3, 0.4) is 0 Å². The van der Waals surface area contributed by atoms with Gasteiger partial charge in [-0.25, -0.2) is 8.42 Å². The molecule has 2 aliphatic heterocycles. The summed E-state index contributed by atoms with van der Waals surface area (Å²) in [6, 6.07) is -0.477. The molecule has 0 radical (unpaired) electrons. The van der Waals surface area contributed by atoms with Crippen LogP contribution in [0.15, 0.2) is 0 Å². The fourth-order valence-electron chi connectivity index (χ4n) is 2.87. The number of hydrogen-bond donors (Lipinski definition) is 2. The zero-order valence-electron chi connectivity index (χ0n) is 11.7. The van der Waals surface area contributed by atoms with Gasteiger partial charge in [0.05, 0.1) is 11.5 Å². The predicted molar refractivity (Wildman–Crippen MR) is 77.3 cm³/mol. The van der Waals surface area contributed by atoms with Gasteiger partial charge in [-0.15, -0.1) is 0 Å². The topological polar surface area (TPSA) is 95.6 Å². The van der Waals surface area contributed by atoms with Gasteiger partial charge < -0.3 is 5.32 Å². The van der Waals surface area contributed by atoms with Crippen LogP contribution in [0, 0.1) is 5.92 Å². The lowest BCUT2D eigenvalue weighted by molar-refractivity contribution is 0.260. The molecule has 2 saturated heterocycles. The molecule has 9 heteroatoms. The second-order valence-electron chi connectivity index (χ2n) is 5.65. The van der Waals surface area contributed by atoms with Crippen molar-refractivity contribution >= 4 is 20.0 Å². The van der Waals surface area contributed by atoms with Crippen molar-refractivity contribution in [3.05, 3.63) is 0 Å². The van der Waals surface area contributed by atoms with Gasteiger partial charge in [0.2, 0.25) is 0 Å². The summed E-state index contributed by atoms with van der Waals surface area (Å²) in [5, 5.41) is 3.07. The number of piperidine rings is 1. The minimum absolute atomic E-state index is 0.0720. The maximum Gasteiger partial charge on any atom is 0.279 e. The van der Waals surface area contributed by atoms with E-state index < -0.39 is 26.1 Å². The van der Waals surface area contributed by atoms with Gasteiger partial charge in [-0.2, -0.15) is 17.4 Å². The molecular weight excluding hydrogens is 302 g/mol. The quantitative estimate of drug-likeness (QED) is 0.672. The first kappa shape index (κ1) is 16.2. The lowest BCUT2D eigenvalue weighted by Gasteiger charge is -2.32. The van der Waals surface area contributed by atoms with E-state index in [-0.39, 0.29) is 11.5 Å². The first-order valence-electron chi connectivity index (χ1n) is 6.95. The van der Waals surface area contributed by atoms with Crippen molar-refractivity contribution in [2.24, 2.45) is 5.92 Å². The highest BCUT2D eigenvalue weighted by Crippen LogP contribution is 2.19. The van der Waals surface area contributed by atoms with Gasteiger partial charge in [-0.05, 0) is 38.8 Å². The summed E-state index contributed by atoms with van der Waals surface area (Å²) >= 11 is 0. The molecule has 7 nitrogen and oxygen atoms in total. The zero-order valence-corrected chi connectivity index (χ0v) is 13.3. The van der Waals surface area contributed by atoms with E-state index in [4.69, 9.17) is 0 Å². The molecule has 118 valence electrons. The highest BCUT2D eigenvalue weighted by Gasteiger charge is 2.34. The fraction of sp³-hybridized carbons (Fsp3) is 1.00. The maximum atomic E-state index is 12.3. The Kier molecular flexibility index (Phi) is 5.06. The molecule has 0 bridgehead atoms. The van der Waals surface area contributed by atoms with Crippen LogP contribution in [0.5, 0.6) is 0 Å². The molecule has 2 rings (SSSR count). The molecule has 2 heterocycles. The molecule has 2 N–H and O–H groups in total. The first-order valence-corrected chi connectivity index (χ1v) is 10.2. The summed E-state index contributed by atoms with van der Waals surface area (Å²) in [7, 11) is -4.79. The number of sulfone groups is 1. The fourth-order valence-corrected chi connectivity index (χ4v) is 6.20. The molecule has 0 aromatic heterocycles. The SMILES string of the molecule is CNCC1CCCN(S(=O)(=O)NC2CCS(=O)(=O)C2)C1. The number of hydrogen-bond acceptors (Lipinski definition) is 5. The molecular formula is C11H23N3O4S2. The van der Waals surface area contributed by atoms with E-state index in [9.17, 15) is 16.8 Å². The average Bonchev–Trinajstić information content (AvgIpc) is 2.69. The second kappa shape index (κ2) is 6.27. The molecule has 2 atom stereocenters. The second-order valence-corrected chi connectivity index (χ2v) is 9.58. The molecule has 0 amide bonds. The van der Waals surface area contributed by atoms with Gasteiger partial charge in [0.25, 0.3) is 10.2 Å². The largest absolute Gasteiger partial charge is 0.319 e. The first-order chi connectivity index (χ1) is 9.32. The van der Waals surface area contributed by atoms with Crippen LogP contribution in [0.4, 0.5) is 0 Å². The van der Waals surface area contributed by atoms with Crippen LogP contribution in [0.25, 0.3) is 0 Å². The summed E-state index contributed by atoms with van der Waals surface area (Å²) in [5.41, 5.74) is 0. The van der Waals surface area contributed by atoms with E-state index in [1.807, 2.05) is 7.05 Å². The normalized spacial score (nSPS) is 31.4. The third-order valence-electron chi connectivity index (χ3n) is 3.86. The van der Waals surface area contributed by atoms with E-state index >= 15 is 0 Å². The van der Waals surface area contributed by atoms with Crippen molar-refractivity contribution in [1.82, 2.24) is 14.3 Å². The standard InChI is InChI=1S/C11H23N3O4S2/c1-12-7-10-3-2-5-14(8-10)20(17,18)13-11-4-6-19(15,16)9-11/h10-13H,2-9H2,1H3. The van der Waals surface area contributed by atoms with Crippen LogP contribution in [0.2, 0.25) is 0 Å². The minimum atomic E-state index is -3.58. The lowest BCUT2D eigenvalue weighted by Crippen LogP contribution is -2.50. The van der Waals surface area contributed by atoms with E-state index in [2.05, 4.69) is 10.0 Å². The molecule has 2 unspecified atom stereocenters. The summed E-state index contributed by atoms with van der Waals surface area (Å²) < 4.78 is 51.4. The summed E-state index contributed by atoms with van der Waals surface area (Å²) in [6.45, 7) is 1.80. The average molecular weight is 325 g/mol. The Morgan fingerprint density at radius 1 is 1.30 bits per heavy atom. The van der Waals surface area contributed by atoms with Gasteiger partial charge in [-0.3, -0.25) is 0 Å². The van der Waals surface area contributed by atoms with Crippen LogP contribution >= 0.6 is 0 Å². The zero-order chi connectivity index (χ0) is 14.8. The van der Waals surface area contributed by atoms with Gasteiger partial charge in [0.15, 0.2) is 9.84 Å². The van der Waals surface area contributed by atoms with Gasteiger partial charge in [0.1, 0.15) is 0 Å².